The van der Waals surface area contributed by atoms with Crippen LogP contribution in [0.15, 0.2) is 0 Å². The number of anilines is 1. The summed E-state index contributed by atoms with van der Waals surface area (Å²) in [6.45, 7) is 6.15. The van der Waals surface area contributed by atoms with Crippen LogP contribution in [0, 0.1) is 13.8 Å². The molecule has 0 amide bonds. The Labute approximate surface area is 128 Å². The Balaban J connectivity index is 1.76. The molecule has 0 saturated carbocycles. The van der Waals surface area contributed by atoms with Gasteiger partial charge in [0, 0.05) is 18.5 Å². The van der Waals surface area contributed by atoms with Gasteiger partial charge in [0.05, 0.1) is 18.1 Å². The third-order valence-corrected chi connectivity index (χ3v) is 4.97. The van der Waals surface area contributed by atoms with Gasteiger partial charge >= 0.3 is 0 Å². The van der Waals surface area contributed by atoms with E-state index in [9.17, 15) is 0 Å². The van der Waals surface area contributed by atoms with Gasteiger partial charge in [-0.15, -0.1) is 11.3 Å². The molecule has 1 atom stereocenters. The smallest absolute Gasteiger partial charge is 0.158 e. The largest absolute Gasteiger partial charge is 0.376 e. The second-order valence-electron chi connectivity index (χ2n) is 5.35. The van der Waals surface area contributed by atoms with Gasteiger partial charge in [-0.3, -0.25) is 0 Å². The number of aromatic nitrogens is 2. The molecule has 3 heterocycles. The lowest BCUT2D eigenvalue weighted by atomic mass is 10.2. The molecule has 1 aliphatic rings. The first kappa shape index (κ1) is 14.7. The Morgan fingerprint density at radius 2 is 2.24 bits per heavy atom. The van der Waals surface area contributed by atoms with Crippen molar-refractivity contribution < 1.29 is 9.47 Å². The Hall–Kier alpha value is -1.24. The molecule has 1 aliphatic heterocycles. The minimum absolute atomic E-state index is 0.240. The van der Waals surface area contributed by atoms with Crippen molar-refractivity contribution in [3.8, 4) is 0 Å². The van der Waals surface area contributed by atoms with Crippen molar-refractivity contribution in [2.45, 2.75) is 39.4 Å². The average Bonchev–Trinajstić information content (AvgIpc) is 3.08. The SMILES string of the molecule is CNc1nc(COCC2CCCO2)nc2sc(C)c(C)c12. The predicted octanol–water partition coefficient (Wildman–Crippen LogP) is 3.05. The summed E-state index contributed by atoms with van der Waals surface area (Å²) < 4.78 is 11.3. The van der Waals surface area contributed by atoms with E-state index in [4.69, 9.17) is 9.47 Å². The van der Waals surface area contributed by atoms with E-state index in [1.807, 2.05) is 7.05 Å². The van der Waals surface area contributed by atoms with E-state index in [2.05, 4.69) is 29.1 Å². The fraction of sp³-hybridized carbons (Fsp3) is 0.600. The van der Waals surface area contributed by atoms with Crippen LogP contribution in [0.4, 0.5) is 5.82 Å². The van der Waals surface area contributed by atoms with Crippen LogP contribution < -0.4 is 5.32 Å². The van der Waals surface area contributed by atoms with Gasteiger partial charge < -0.3 is 14.8 Å². The molecule has 0 aromatic carbocycles. The zero-order valence-corrected chi connectivity index (χ0v) is 13.5. The highest BCUT2D eigenvalue weighted by Gasteiger charge is 2.17. The first-order chi connectivity index (χ1) is 10.2. The molecule has 2 aromatic rings. The predicted molar refractivity (Wildman–Crippen MR) is 85.1 cm³/mol. The first-order valence-corrected chi connectivity index (χ1v) is 8.14. The van der Waals surface area contributed by atoms with Gasteiger partial charge in [-0.1, -0.05) is 0 Å². The standard InChI is InChI=1S/C15H21N3O2S/c1-9-10(2)21-15-13(9)14(16-3)17-12(18-15)8-19-7-11-5-4-6-20-11/h11H,4-8H2,1-3H3,(H,16,17,18). The number of nitrogens with zero attached hydrogens (tertiary/aromatic N) is 2. The molecule has 0 spiro atoms. The molecule has 0 radical (unpaired) electrons. The molecule has 21 heavy (non-hydrogen) atoms. The number of rotatable bonds is 5. The lowest BCUT2D eigenvalue weighted by Gasteiger charge is -2.10. The number of aryl methyl sites for hydroxylation is 2. The maximum Gasteiger partial charge on any atom is 0.158 e. The van der Waals surface area contributed by atoms with Crippen molar-refractivity contribution in [1.82, 2.24) is 9.97 Å². The molecular formula is C15H21N3O2S. The van der Waals surface area contributed by atoms with Crippen molar-refractivity contribution >= 4 is 27.4 Å². The van der Waals surface area contributed by atoms with E-state index < -0.39 is 0 Å². The number of fused-ring (bicyclic) bond motifs is 1. The molecule has 1 fully saturated rings. The summed E-state index contributed by atoms with van der Waals surface area (Å²) in [5.74, 6) is 1.61. The highest BCUT2D eigenvalue weighted by molar-refractivity contribution is 7.18. The molecule has 1 saturated heterocycles. The first-order valence-electron chi connectivity index (χ1n) is 7.32. The van der Waals surface area contributed by atoms with Crippen molar-refractivity contribution in [2.75, 3.05) is 25.6 Å². The van der Waals surface area contributed by atoms with Gasteiger partial charge in [0.1, 0.15) is 17.3 Å². The lowest BCUT2D eigenvalue weighted by molar-refractivity contribution is 0.00875. The maximum absolute atomic E-state index is 5.72. The molecule has 0 aliphatic carbocycles. The summed E-state index contributed by atoms with van der Waals surface area (Å²) in [5.41, 5.74) is 1.26. The lowest BCUT2D eigenvalue weighted by Crippen LogP contribution is -2.14. The summed E-state index contributed by atoms with van der Waals surface area (Å²) in [6, 6.07) is 0. The van der Waals surface area contributed by atoms with Crippen LogP contribution in [-0.2, 0) is 16.1 Å². The van der Waals surface area contributed by atoms with Crippen molar-refractivity contribution in [3.63, 3.8) is 0 Å². The molecule has 1 N–H and O–H groups in total. The van der Waals surface area contributed by atoms with Gasteiger partial charge in [-0.2, -0.15) is 0 Å². The Morgan fingerprint density at radius 1 is 1.38 bits per heavy atom. The van der Waals surface area contributed by atoms with Crippen molar-refractivity contribution in [3.05, 3.63) is 16.3 Å². The van der Waals surface area contributed by atoms with Crippen molar-refractivity contribution in [2.24, 2.45) is 0 Å². The van der Waals surface area contributed by atoms with Crippen LogP contribution >= 0.6 is 11.3 Å². The Morgan fingerprint density at radius 3 is 2.95 bits per heavy atom. The number of thiophene rings is 1. The summed E-state index contributed by atoms with van der Waals surface area (Å²) in [6.07, 6.45) is 2.46. The quantitative estimate of drug-likeness (QED) is 0.920. The Kier molecular flexibility index (Phi) is 4.37. The Bertz CT molecular complexity index is 635. The molecule has 114 valence electrons. The molecule has 6 heteroatoms. The molecule has 3 rings (SSSR count). The normalized spacial score (nSPS) is 18.5. The van der Waals surface area contributed by atoms with Gasteiger partial charge in [-0.05, 0) is 32.3 Å². The second kappa shape index (κ2) is 6.25. The van der Waals surface area contributed by atoms with Crippen LogP contribution in [0.3, 0.4) is 0 Å². The molecule has 1 unspecified atom stereocenters. The van der Waals surface area contributed by atoms with Crippen molar-refractivity contribution in [1.29, 1.82) is 0 Å². The molecule has 0 bridgehead atoms. The van der Waals surface area contributed by atoms with Crippen LogP contribution in [0.1, 0.15) is 29.1 Å². The summed E-state index contributed by atoms with van der Waals surface area (Å²) in [7, 11) is 1.89. The number of hydrogen-bond acceptors (Lipinski definition) is 6. The monoisotopic (exact) mass is 307 g/mol. The van der Waals surface area contributed by atoms with Gasteiger partial charge in [-0.25, -0.2) is 9.97 Å². The van der Waals surface area contributed by atoms with Gasteiger partial charge in [0.15, 0.2) is 5.82 Å². The van der Waals surface area contributed by atoms with E-state index in [-0.39, 0.29) is 6.10 Å². The van der Waals surface area contributed by atoms with Crippen LogP contribution in [0.25, 0.3) is 10.2 Å². The van der Waals surface area contributed by atoms with Gasteiger partial charge in [0.2, 0.25) is 0 Å². The second-order valence-corrected chi connectivity index (χ2v) is 6.56. The maximum atomic E-state index is 5.72. The van der Waals surface area contributed by atoms with Crippen LogP contribution in [-0.4, -0.2) is 36.3 Å². The summed E-state index contributed by atoms with van der Waals surface area (Å²) in [5, 5.41) is 4.30. The van der Waals surface area contributed by atoms with E-state index in [1.54, 1.807) is 11.3 Å². The van der Waals surface area contributed by atoms with E-state index in [0.717, 1.165) is 41.3 Å². The fourth-order valence-electron chi connectivity index (χ4n) is 2.60. The number of nitrogens with one attached hydrogen (secondary N) is 1. The third-order valence-electron chi connectivity index (χ3n) is 3.87. The minimum Gasteiger partial charge on any atom is -0.376 e. The summed E-state index contributed by atoms with van der Waals surface area (Å²) >= 11 is 1.71. The number of hydrogen-bond donors (Lipinski definition) is 1. The molecule has 2 aromatic heterocycles. The van der Waals surface area contributed by atoms with E-state index in [1.165, 1.54) is 10.4 Å². The average molecular weight is 307 g/mol. The molecule has 5 nitrogen and oxygen atoms in total. The highest BCUT2D eigenvalue weighted by Crippen LogP contribution is 2.33. The minimum atomic E-state index is 0.240. The zero-order chi connectivity index (χ0) is 14.8. The van der Waals surface area contributed by atoms with Crippen LogP contribution in [0.2, 0.25) is 0 Å². The van der Waals surface area contributed by atoms with Gasteiger partial charge in [0.25, 0.3) is 0 Å². The topological polar surface area (TPSA) is 56.3 Å². The zero-order valence-electron chi connectivity index (χ0n) is 12.7. The van der Waals surface area contributed by atoms with E-state index >= 15 is 0 Å². The number of ether oxygens (including phenoxy) is 2. The van der Waals surface area contributed by atoms with E-state index in [0.29, 0.717) is 13.2 Å². The fourth-order valence-corrected chi connectivity index (χ4v) is 3.64. The summed E-state index contributed by atoms with van der Waals surface area (Å²) in [4.78, 5) is 11.5. The van der Waals surface area contributed by atoms with Crippen LogP contribution in [0.5, 0.6) is 0 Å². The molecular weight excluding hydrogens is 286 g/mol. The highest BCUT2D eigenvalue weighted by atomic mass is 32.1. The third kappa shape index (κ3) is 3.02.